The summed E-state index contributed by atoms with van der Waals surface area (Å²) in [5.41, 5.74) is 1.12. The highest BCUT2D eigenvalue weighted by Crippen LogP contribution is 2.24. The van der Waals surface area contributed by atoms with Crippen LogP contribution in [0, 0.1) is 17.0 Å². The van der Waals surface area contributed by atoms with E-state index in [1.54, 1.807) is 19.1 Å². The van der Waals surface area contributed by atoms with Gasteiger partial charge < -0.3 is 15.4 Å². The van der Waals surface area contributed by atoms with Gasteiger partial charge in [-0.2, -0.15) is 0 Å². The minimum Gasteiger partial charge on any atom is -0.444 e. The van der Waals surface area contributed by atoms with Crippen molar-refractivity contribution < 1.29 is 14.5 Å². The van der Waals surface area contributed by atoms with Gasteiger partial charge in [0.15, 0.2) is 0 Å². The van der Waals surface area contributed by atoms with E-state index in [4.69, 9.17) is 4.74 Å². The van der Waals surface area contributed by atoms with Crippen molar-refractivity contribution in [2.45, 2.75) is 58.3 Å². The Morgan fingerprint density at radius 2 is 2.09 bits per heavy atom. The molecule has 0 spiro atoms. The molecule has 7 nitrogen and oxygen atoms in total. The molecular formula is C16H23N3O4. The van der Waals surface area contributed by atoms with E-state index < -0.39 is 11.7 Å². The average molecular weight is 321 g/mol. The Kier molecular flexibility index (Phi) is 4.89. The molecule has 0 radical (unpaired) electrons. The molecule has 1 amide bonds. The first-order valence-electron chi connectivity index (χ1n) is 7.62. The first-order chi connectivity index (χ1) is 10.7. The summed E-state index contributed by atoms with van der Waals surface area (Å²) in [7, 11) is 0. The van der Waals surface area contributed by atoms with E-state index in [-0.39, 0.29) is 22.7 Å². The number of rotatable bonds is 5. The zero-order chi connectivity index (χ0) is 17.2. The van der Waals surface area contributed by atoms with Gasteiger partial charge in [-0.05, 0) is 39.7 Å². The number of aryl methyl sites for hydroxylation is 1. The van der Waals surface area contributed by atoms with Crippen LogP contribution < -0.4 is 10.6 Å². The van der Waals surface area contributed by atoms with E-state index in [9.17, 15) is 14.9 Å². The van der Waals surface area contributed by atoms with E-state index in [2.05, 4.69) is 10.6 Å². The van der Waals surface area contributed by atoms with Crippen molar-refractivity contribution in [3.05, 3.63) is 39.4 Å². The van der Waals surface area contributed by atoms with Crippen LogP contribution in [0.4, 0.5) is 10.5 Å². The minimum atomic E-state index is -0.511. The van der Waals surface area contributed by atoms with Gasteiger partial charge in [0.2, 0.25) is 0 Å². The normalized spacial score (nSPS) is 20.0. The second-order valence-corrected chi connectivity index (χ2v) is 6.85. The molecule has 1 aliphatic rings. The topological polar surface area (TPSA) is 93.5 Å². The molecule has 0 aliphatic heterocycles. The van der Waals surface area contributed by atoms with Crippen LogP contribution in [0.25, 0.3) is 0 Å². The van der Waals surface area contributed by atoms with Crippen LogP contribution in [0.3, 0.4) is 0 Å². The van der Waals surface area contributed by atoms with Gasteiger partial charge in [0, 0.05) is 30.3 Å². The van der Waals surface area contributed by atoms with Crippen molar-refractivity contribution in [3.8, 4) is 0 Å². The molecule has 1 fully saturated rings. The van der Waals surface area contributed by atoms with Crippen molar-refractivity contribution in [2.24, 2.45) is 0 Å². The number of ether oxygens (including phenoxy) is 1. The Bertz CT molecular complexity index is 610. The first kappa shape index (κ1) is 17.2. The lowest BCUT2D eigenvalue weighted by Gasteiger charge is -2.19. The monoisotopic (exact) mass is 321 g/mol. The minimum absolute atomic E-state index is 0.0466. The van der Waals surface area contributed by atoms with Crippen LogP contribution in [0.5, 0.6) is 0 Å². The fourth-order valence-electron chi connectivity index (χ4n) is 2.25. The summed E-state index contributed by atoms with van der Waals surface area (Å²) < 4.78 is 5.20. The van der Waals surface area contributed by atoms with E-state index in [1.165, 1.54) is 0 Å². The summed E-state index contributed by atoms with van der Waals surface area (Å²) in [6.45, 7) is 7.70. The lowest BCUT2D eigenvalue weighted by Crippen LogP contribution is -2.36. The SMILES string of the molecule is Cc1ccc(CNC2CC2NC(=O)OC(C)(C)C)cc1[N+](=O)[O-]. The number of nitro groups is 1. The number of alkyl carbamates (subject to hydrolysis) is 1. The van der Waals surface area contributed by atoms with Crippen molar-refractivity contribution >= 4 is 11.8 Å². The second kappa shape index (κ2) is 6.54. The van der Waals surface area contributed by atoms with E-state index in [0.29, 0.717) is 12.1 Å². The van der Waals surface area contributed by atoms with Crippen LogP contribution in [-0.2, 0) is 11.3 Å². The van der Waals surface area contributed by atoms with Gasteiger partial charge in [-0.15, -0.1) is 0 Å². The van der Waals surface area contributed by atoms with Crippen LogP contribution in [0.15, 0.2) is 18.2 Å². The molecule has 2 unspecified atom stereocenters. The van der Waals surface area contributed by atoms with Gasteiger partial charge >= 0.3 is 6.09 Å². The highest BCUT2D eigenvalue weighted by atomic mass is 16.6. The Morgan fingerprint density at radius 3 is 2.70 bits per heavy atom. The number of hydrogen-bond acceptors (Lipinski definition) is 5. The number of carbonyl (C=O) groups is 1. The summed E-state index contributed by atoms with van der Waals surface area (Å²) in [5.74, 6) is 0. The maximum Gasteiger partial charge on any atom is 0.407 e. The molecule has 0 heterocycles. The molecule has 2 N–H and O–H groups in total. The molecule has 126 valence electrons. The summed E-state index contributed by atoms with van der Waals surface area (Å²) in [4.78, 5) is 22.2. The van der Waals surface area contributed by atoms with Crippen LogP contribution in [-0.4, -0.2) is 28.7 Å². The highest BCUT2D eigenvalue weighted by molar-refractivity contribution is 5.68. The average Bonchev–Trinajstić information content (AvgIpc) is 3.13. The van der Waals surface area contributed by atoms with Gasteiger partial charge in [0.1, 0.15) is 5.60 Å². The third-order valence-corrected chi connectivity index (χ3v) is 3.53. The van der Waals surface area contributed by atoms with Crippen LogP contribution >= 0.6 is 0 Å². The predicted octanol–water partition coefficient (Wildman–Crippen LogP) is 2.66. The van der Waals surface area contributed by atoms with E-state index in [0.717, 1.165) is 12.0 Å². The maximum atomic E-state index is 11.6. The Morgan fingerprint density at radius 1 is 1.39 bits per heavy atom. The standard InChI is InChI=1S/C16H23N3O4/c1-10-5-6-11(7-14(10)19(21)22)9-17-12-8-13(12)18-15(20)23-16(2,3)4/h5-7,12-13,17H,8-9H2,1-4H3,(H,18,20). The van der Waals surface area contributed by atoms with Gasteiger partial charge in [0.25, 0.3) is 5.69 Å². The number of nitrogens with zero attached hydrogens (tertiary/aromatic N) is 1. The molecule has 1 aromatic carbocycles. The number of carbonyl (C=O) groups excluding carboxylic acids is 1. The number of nitrogens with one attached hydrogen (secondary N) is 2. The molecule has 2 atom stereocenters. The molecule has 7 heteroatoms. The van der Waals surface area contributed by atoms with Crippen LogP contribution in [0.1, 0.15) is 38.3 Å². The van der Waals surface area contributed by atoms with Crippen molar-refractivity contribution in [1.82, 2.24) is 10.6 Å². The molecule has 0 saturated heterocycles. The third-order valence-electron chi connectivity index (χ3n) is 3.53. The third kappa shape index (κ3) is 5.21. The lowest BCUT2D eigenvalue weighted by molar-refractivity contribution is -0.385. The van der Waals surface area contributed by atoms with Gasteiger partial charge in [0.05, 0.1) is 4.92 Å². The fourth-order valence-corrected chi connectivity index (χ4v) is 2.25. The van der Waals surface area contributed by atoms with Gasteiger partial charge in [-0.1, -0.05) is 12.1 Å². The van der Waals surface area contributed by atoms with Gasteiger partial charge in [-0.3, -0.25) is 10.1 Å². The highest BCUT2D eigenvalue weighted by Gasteiger charge is 2.38. The lowest BCUT2D eigenvalue weighted by atomic mass is 10.1. The van der Waals surface area contributed by atoms with E-state index in [1.807, 2.05) is 26.8 Å². The number of hydrogen-bond donors (Lipinski definition) is 2. The van der Waals surface area contributed by atoms with Crippen molar-refractivity contribution in [3.63, 3.8) is 0 Å². The quantitative estimate of drug-likeness (QED) is 0.642. The van der Waals surface area contributed by atoms with E-state index >= 15 is 0 Å². The summed E-state index contributed by atoms with van der Waals surface area (Å²) in [6, 6.07) is 5.42. The maximum absolute atomic E-state index is 11.6. The Labute approximate surface area is 135 Å². The zero-order valence-electron chi connectivity index (χ0n) is 13.9. The van der Waals surface area contributed by atoms with Crippen molar-refractivity contribution in [1.29, 1.82) is 0 Å². The largest absolute Gasteiger partial charge is 0.444 e. The molecule has 2 rings (SSSR count). The van der Waals surface area contributed by atoms with Gasteiger partial charge in [-0.25, -0.2) is 4.79 Å². The smallest absolute Gasteiger partial charge is 0.407 e. The second-order valence-electron chi connectivity index (χ2n) is 6.85. The number of benzene rings is 1. The number of nitro benzene ring substituents is 1. The molecule has 0 bridgehead atoms. The molecule has 1 aliphatic carbocycles. The Hall–Kier alpha value is -2.15. The Balaban J connectivity index is 1.79. The summed E-state index contributed by atoms with van der Waals surface area (Å²) in [6.07, 6.45) is 0.408. The molecular weight excluding hydrogens is 298 g/mol. The first-order valence-corrected chi connectivity index (χ1v) is 7.62. The summed E-state index contributed by atoms with van der Waals surface area (Å²) in [5, 5.41) is 17.0. The molecule has 0 aromatic heterocycles. The number of amides is 1. The predicted molar refractivity (Wildman–Crippen MR) is 86.2 cm³/mol. The molecule has 1 aromatic rings. The van der Waals surface area contributed by atoms with Crippen LogP contribution in [0.2, 0.25) is 0 Å². The zero-order valence-corrected chi connectivity index (χ0v) is 13.9. The molecule has 23 heavy (non-hydrogen) atoms. The van der Waals surface area contributed by atoms with Crippen molar-refractivity contribution in [2.75, 3.05) is 0 Å². The fraction of sp³-hybridized carbons (Fsp3) is 0.562. The summed E-state index contributed by atoms with van der Waals surface area (Å²) >= 11 is 0. The molecule has 1 saturated carbocycles.